The number of nitrogens with zero attached hydrogens (tertiary/aromatic N) is 3. The van der Waals surface area contributed by atoms with Crippen molar-refractivity contribution in [1.29, 1.82) is 0 Å². The Morgan fingerprint density at radius 2 is 2.08 bits per heavy atom. The molecule has 4 rings (SSSR count). The molecule has 25 heavy (non-hydrogen) atoms. The Kier molecular flexibility index (Phi) is 5.30. The van der Waals surface area contributed by atoms with Crippen molar-refractivity contribution in [3.05, 3.63) is 23.3 Å². The van der Waals surface area contributed by atoms with Crippen LogP contribution in [0.15, 0.2) is 6.20 Å². The molecule has 0 bridgehead atoms. The highest BCUT2D eigenvalue weighted by Gasteiger charge is 2.26. The SMILES string of the molecule is O=C(CC1CCCCC1)N1CCc2nc([C@H]3CCCNC3)ncc2C1. The van der Waals surface area contributed by atoms with Crippen LogP contribution in [0.3, 0.4) is 0 Å². The van der Waals surface area contributed by atoms with E-state index in [-0.39, 0.29) is 0 Å². The smallest absolute Gasteiger partial charge is 0.223 e. The summed E-state index contributed by atoms with van der Waals surface area (Å²) in [5.74, 6) is 2.39. The van der Waals surface area contributed by atoms with Gasteiger partial charge in [-0.1, -0.05) is 19.3 Å². The van der Waals surface area contributed by atoms with E-state index in [1.165, 1.54) is 44.9 Å². The Morgan fingerprint density at radius 3 is 2.88 bits per heavy atom. The van der Waals surface area contributed by atoms with E-state index >= 15 is 0 Å². The van der Waals surface area contributed by atoms with E-state index < -0.39 is 0 Å². The van der Waals surface area contributed by atoms with Crippen molar-refractivity contribution in [2.24, 2.45) is 5.92 Å². The normalized spacial score (nSPS) is 24.8. The lowest BCUT2D eigenvalue weighted by Crippen LogP contribution is -2.38. The molecule has 0 unspecified atom stereocenters. The molecule has 2 fully saturated rings. The molecule has 5 nitrogen and oxygen atoms in total. The standard InChI is InChI=1S/C20H30N4O/c25-19(11-15-5-2-1-3-6-15)24-10-8-18-17(14-24)13-22-20(23-18)16-7-4-9-21-12-16/h13,15-16,21H,1-12,14H2/t16-/m0/s1. The first-order valence-electron chi connectivity index (χ1n) is 10.1. The predicted octanol–water partition coefficient (Wildman–Crippen LogP) is 2.80. The first-order valence-corrected chi connectivity index (χ1v) is 10.1. The Balaban J connectivity index is 1.38. The van der Waals surface area contributed by atoms with Crippen molar-refractivity contribution < 1.29 is 4.79 Å². The van der Waals surface area contributed by atoms with Gasteiger partial charge in [0.15, 0.2) is 0 Å². The highest BCUT2D eigenvalue weighted by atomic mass is 16.2. The molecule has 1 aromatic rings. The highest BCUT2D eigenvalue weighted by Crippen LogP contribution is 2.28. The summed E-state index contributed by atoms with van der Waals surface area (Å²) in [4.78, 5) is 24.2. The van der Waals surface area contributed by atoms with Gasteiger partial charge in [0.1, 0.15) is 5.82 Å². The predicted molar refractivity (Wildman–Crippen MR) is 97.2 cm³/mol. The fourth-order valence-corrected chi connectivity index (χ4v) is 4.58. The quantitative estimate of drug-likeness (QED) is 0.918. The number of aromatic nitrogens is 2. The Labute approximate surface area is 150 Å². The fourth-order valence-electron chi connectivity index (χ4n) is 4.58. The van der Waals surface area contributed by atoms with Crippen molar-refractivity contribution in [3.8, 4) is 0 Å². The van der Waals surface area contributed by atoms with Crippen LogP contribution in [-0.4, -0.2) is 40.4 Å². The van der Waals surface area contributed by atoms with Crippen molar-refractivity contribution in [2.45, 2.75) is 70.3 Å². The average Bonchev–Trinajstić information content (AvgIpc) is 2.68. The van der Waals surface area contributed by atoms with Crippen LogP contribution in [0.5, 0.6) is 0 Å². The van der Waals surface area contributed by atoms with Gasteiger partial charge < -0.3 is 10.2 Å². The van der Waals surface area contributed by atoms with E-state index in [2.05, 4.69) is 10.3 Å². The van der Waals surface area contributed by atoms with E-state index in [0.29, 0.717) is 24.3 Å². The summed E-state index contributed by atoms with van der Waals surface area (Å²) in [7, 11) is 0. The summed E-state index contributed by atoms with van der Waals surface area (Å²) in [6.45, 7) is 3.62. The third-order valence-corrected chi connectivity index (χ3v) is 6.16. The maximum absolute atomic E-state index is 12.7. The maximum Gasteiger partial charge on any atom is 0.223 e. The molecular weight excluding hydrogens is 312 g/mol. The van der Waals surface area contributed by atoms with Gasteiger partial charge in [-0.05, 0) is 38.1 Å². The molecule has 1 amide bonds. The van der Waals surface area contributed by atoms with E-state index in [0.717, 1.165) is 49.6 Å². The summed E-state index contributed by atoms with van der Waals surface area (Å²) in [6.07, 6.45) is 12.4. The van der Waals surface area contributed by atoms with Gasteiger partial charge in [-0.2, -0.15) is 0 Å². The van der Waals surface area contributed by atoms with Gasteiger partial charge in [0, 0.05) is 50.2 Å². The van der Waals surface area contributed by atoms with E-state index in [1.54, 1.807) is 0 Å². The van der Waals surface area contributed by atoms with Crippen LogP contribution in [0.1, 0.15) is 74.4 Å². The lowest BCUT2D eigenvalue weighted by atomic mass is 9.86. The molecule has 3 heterocycles. The molecule has 3 aliphatic rings. The van der Waals surface area contributed by atoms with Crippen LogP contribution in [0.4, 0.5) is 0 Å². The molecule has 1 aromatic heterocycles. The molecule has 1 atom stereocenters. The number of rotatable bonds is 3. The topological polar surface area (TPSA) is 58.1 Å². The molecule has 1 saturated carbocycles. The molecule has 1 saturated heterocycles. The van der Waals surface area contributed by atoms with Gasteiger partial charge in [0.2, 0.25) is 5.91 Å². The summed E-state index contributed by atoms with van der Waals surface area (Å²) in [5.41, 5.74) is 2.31. The number of amides is 1. The first-order chi connectivity index (χ1) is 12.3. The number of hydrogen-bond acceptors (Lipinski definition) is 4. The van der Waals surface area contributed by atoms with Crippen molar-refractivity contribution in [3.63, 3.8) is 0 Å². The van der Waals surface area contributed by atoms with Crippen LogP contribution in [0, 0.1) is 5.92 Å². The zero-order chi connectivity index (χ0) is 17.1. The van der Waals surface area contributed by atoms with E-state index in [1.807, 2.05) is 11.1 Å². The van der Waals surface area contributed by atoms with Gasteiger partial charge in [-0.25, -0.2) is 9.97 Å². The minimum atomic E-state index is 0.332. The highest BCUT2D eigenvalue weighted by molar-refractivity contribution is 5.76. The van der Waals surface area contributed by atoms with Crippen LogP contribution in [0.25, 0.3) is 0 Å². The minimum absolute atomic E-state index is 0.332. The first kappa shape index (κ1) is 17.0. The monoisotopic (exact) mass is 342 g/mol. The van der Waals surface area contributed by atoms with Gasteiger partial charge in [0.05, 0.1) is 5.69 Å². The Hall–Kier alpha value is -1.49. The zero-order valence-corrected chi connectivity index (χ0v) is 15.2. The molecular formula is C20H30N4O. The van der Waals surface area contributed by atoms with E-state index in [4.69, 9.17) is 4.98 Å². The zero-order valence-electron chi connectivity index (χ0n) is 15.2. The summed E-state index contributed by atoms with van der Waals surface area (Å²) in [5, 5.41) is 3.44. The second-order valence-electron chi connectivity index (χ2n) is 8.02. The Bertz CT molecular complexity index is 606. The van der Waals surface area contributed by atoms with Crippen molar-refractivity contribution in [1.82, 2.24) is 20.2 Å². The number of carbonyl (C=O) groups excluding carboxylic acids is 1. The third-order valence-electron chi connectivity index (χ3n) is 6.16. The molecule has 0 aromatic carbocycles. The largest absolute Gasteiger partial charge is 0.338 e. The number of hydrogen-bond donors (Lipinski definition) is 1. The number of nitrogens with one attached hydrogen (secondary N) is 1. The molecule has 1 N–H and O–H groups in total. The third kappa shape index (κ3) is 4.02. The van der Waals surface area contributed by atoms with Crippen LogP contribution < -0.4 is 5.32 Å². The Morgan fingerprint density at radius 1 is 1.20 bits per heavy atom. The van der Waals surface area contributed by atoms with Crippen molar-refractivity contribution in [2.75, 3.05) is 19.6 Å². The maximum atomic E-state index is 12.7. The summed E-state index contributed by atoms with van der Waals surface area (Å²) < 4.78 is 0. The van der Waals surface area contributed by atoms with Gasteiger partial charge >= 0.3 is 0 Å². The second-order valence-corrected chi connectivity index (χ2v) is 8.02. The van der Waals surface area contributed by atoms with Gasteiger partial charge in [-0.15, -0.1) is 0 Å². The average molecular weight is 342 g/mol. The molecule has 136 valence electrons. The summed E-state index contributed by atoms with van der Waals surface area (Å²) >= 11 is 0. The van der Waals surface area contributed by atoms with Crippen LogP contribution >= 0.6 is 0 Å². The second kappa shape index (κ2) is 7.81. The summed E-state index contributed by atoms with van der Waals surface area (Å²) in [6, 6.07) is 0. The molecule has 2 aliphatic heterocycles. The number of piperidine rings is 1. The molecule has 1 aliphatic carbocycles. The molecule has 5 heteroatoms. The lowest BCUT2D eigenvalue weighted by Gasteiger charge is -2.31. The molecule has 0 radical (unpaired) electrons. The number of fused-ring (bicyclic) bond motifs is 1. The molecule has 0 spiro atoms. The van der Waals surface area contributed by atoms with Gasteiger partial charge in [0.25, 0.3) is 0 Å². The fraction of sp³-hybridized carbons (Fsp3) is 0.750. The van der Waals surface area contributed by atoms with Crippen LogP contribution in [0.2, 0.25) is 0 Å². The van der Waals surface area contributed by atoms with Gasteiger partial charge in [-0.3, -0.25) is 4.79 Å². The lowest BCUT2D eigenvalue weighted by molar-refractivity contribution is -0.133. The van der Waals surface area contributed by atoms with Crippen LogP contribution in [-0.2, 0) is 17.8 Å². The van der Waals surface area contributed by atoms with E-state index in [9.17, 15) is 4.79 Å². The van der Waals surface area contributed by atoms with Crippen molar-refractivity contribution >= 4 is 5.91 Å². The number of carbonyl (C=O) groups is 1. The minimum Gasteiger partial charge on any atom is -0.338 e.